The van der Waals surface area contributed by atoms with Crippen LogP contribution in [-0.4, -0.2) is 32.3 Å². The number of rotatable bonds is 4. The largest absolute Gasteiger partial charge is 0.477 e. The molecule has 98 valence electrons. The fourth-order valence-corrected chi connectivity index (χ4v) is 1.45. The van der Waals surface area contributed by atoms with E-state index >= 15 is 0 Å². The number of aromatic nitrogens is 2. The lowest BCUT2D eigenvalue weighted by Crippen LogP contribution is -2.12. The number of benzene rings is 1. The zero-order chi connectivity index (χ0) is 13.8. The van der Waals surface area contributed by atoms with Crippen LogP contribution >= 0.6 is 0 Å². The number of hydrogen-bond donors (Lipinski definition) is 4. The molecule has 1 aromatic carbocycles. The summed E-state index contributed by atoms with van der Waals surface area (Å²) < 4.78 is 0. The van der Waals surface area contributed by atoms with Crippen molar-refractivity contribution in [3.8, 4) is 0 Å². The van der Waals surface area contributed by atoms with Crippen LogP contribution in [0.1, 0.15) is 26.4 Å². The minimum atomic E-state index is -1.15. The van der Waals surface area contributed by atoms with Gasteiger partial charge in [-0.1, -0.05) is 12.1 Å². The van der Waals surface area contributed by atoms with Gasteiger partial charge in [0.1, 0.15) is 5.69 Å². The number of aliphatic hydroxyl groups excluding tert-OH is 1. The monoisotopic (exact) mass is 261 g/mol. The number of H-pyrrole nitrogens is 1. The first-order valence-electron chi connectivity index (χ1n) is 5.40. The van der Waals surface area contributed by atoms with Crippen molar-refractivity contribution in [3.05, 3.63) is 47.2 Å². The SMILES string of the molecule is O=C(Nc1cc(C(=O)O)[nH]n1)c1ccc(CO)cc1. The molecule has 0 unspecified atom stereocenters. The second-order valence-corrected chi connectivity index (χ2v) is 3.78. The van der Waals surface area contributed by atoms with Crippen molar-refractivity contribution in [3.63, 3.8) is 0 Å². The van der Waals surface area contributed by atoms with E-state index in [1.54, 1.807) is 24.3 Å². The van der Waals surface area contributed by atoms with Gasteiger partial charge in [0.15, 0.2) is 5.82 Å². The van der Waals surface area contributed by atoms with Gasteiger partial charge in [-0.15, -0.1) is 0 Å². The topological polar surface area (TPSA) is 115 Å². The van der Waals surface area contributed by atoms with E-state index in [9.17, 15) is 9.59 Å². The summed E-state index contributed by atoms with van der Waals surface area (Å²) >= 11 is 0. The van der Waals surface area contributed by atoms with Crippen molar-refractivity contribution in [1.29, 1.82) is 0 Å². The van der Waals surface area contributed by atoms with E-state index in [0.717, 1.165) is 0 Å². The maximum atomic E-state index is 11.8. The highest BCUT2D eigenvalue weighted by molar-refractivity contribution is 6.04. The standard InChI is InChI=1S/C12H11N3O4/c16-6-7-1-3-8(4-2-7)11(17)13-10-5-9(12(18)19)14-15-10/h1-5,16H,6H2,(H,18,19)(H2,13,14,15,17). The summed E-state index contributed by atoms with van der Waals surface area (Å²) in [5.74, 6) is -1.43. The predicted molar refractivity (Wildman–Crippen MR) is 65.9 cm³/mol. The molecule has 2 aromatic rings. The number of anilines is 1. The van der Waals surface area contributed by atoms with Gasteiger partial charge in [0.25, 0.3) is 5.91 Å². The molecule has 0 atom stereocenters. The van der Waals surface area contributed by atoms with Crippen LogP contribution in [0.5, 0.6) is 0 Å². The molecular weight excluding hydrogens is 250 g/mol. The maximum absolute atomic E-state index is 11.8. The molecule has 0 fully saturated rings. The molecule has 19 heavy (non-hydrogen) atoms. The second-order valence-electron chi connectivity index (χ2n) is 3.78. The third kappa shape index (κ3) is 2.96. The number of carboxylic acids is 1. The average Bonchev–Trinajstić information content (AvgIpc) is 2.87. The smallest absolute Gasteiger partial charge is 0.353 e. The average molecular weight is 261 g/mol. The van der Waals surface area contributed by atoms with E-state index in [-0.39, 0.29) is 18.1 Å². The van der Waals surface area contributed by atoms with Crippen LogP contribution in [0.15, 0.2) is 30.3 Å². The van der Waals surface area contributed by atoms with Gasteiger partial charge >= 0.3 is 5.97 Å². The van der Waals surface area contributed by atoms with Crippen LogP contribution in [0.4, 0.5) is 5.82 Å². The Morgan fingerprint density at radius 3 is 2.47 bits per heavy atom. The molecule has 0 spiro atoms. The van der Waals surface area contributed by atoms with Gasteiger partial charge in [0, 0.05) is 11.6 Å². The number of carboxylic acid groups (broad SMARTS) is 1. The van der Waals surface area contributed by atoms with Crippen molar-refractivity contribution in [2.75, 3.05) is 5.32 Å². The molecule has 1 amide bonds. The number of aromatic amines is 1. The molecule has 0 saturated heterocycles. The number of nitrogens with zero attached hydrogens (tertiary/aromatic N) is 1. The highest BCUT2D eigenvalue weighted by Gasteiger charge is 2.11. The molecule has 7 heteroatoms. The van der Waals surface area contributed by atoms with Crippen LogP contribution in [0, 0.1) is 0 Å². The van der Waals surface area contributed by atoms with E-state index in [1.165, 1.54) is 6.07 Å². The fraction of sp³-hybridized carbons (Fsp3) is 0.0833. The summed E-state index contributed by atoms with van der Waals surface area (Å²) in [6.45, 7) is -0.0940. The van der Waals surface area contributed by atoms with E-state index in [2.05, 4.69) is 15.5 Å². The number of aliphatic hydroxyl groups is 1. The van der Waals surface area contributed by atoms with Crippen LogP contribution in [-0.2, 0) is 6.61 Å². The van der Waals surface area contributed by atoms with Crippen molar-refractivity contribution < 1.29 is 19.8 Å². The molecule has 0 radical (unpaired) electrons. The van der Waals surface area contributed by atoms with Gasteiger partial charge in [-0.2, -0.15) is 5.10 Å². The highest BCUT2D eigenvalue weighted by atomic mass is 16.4. The number of aromatic carboxylic acids is 1. The minimum absolute atomic E-state index is 0.0940. The second kappa shape index (κ2) is 5.32. The Kier molecular flexibility index (Phi) is 3.58. The summed E-state index contributed by atoms with van der Waals surface area (Å²) in [5.41, 5.74) is 0.979. The maximum Gasteiger partial charge on any atom is 0.353 e. The molecule has 0 aliphatic carbocycles. The van der Waals surface area contributed by atoms with Crippen LogP contribution in [0.2, 0.25) is 0 Å². The number of hydrogen-bond acceptors (Lipinski definition) is 4. The highest BCUT2D eigenvalue weighted by Crippen LogP contribution is 2.09. The quantitative estimate of drug-likeness (QED) is 0.651. The Labute approximate surface area is 107 Å². The van der Waals surface area contributed by atoms with E-state index in [1.807, 2.05) is 0 Å². The summed E-state index contributed by atoms with van der Waals surface area (Å²) in [4.78, 5) is 22.5. The van der Waals surface area contributed by atoms with Gasteiger partial charge in [-0.05, 0) is 17.7 Å². The first-order chi connectivity index (χ1) is 9.10. The van der Waals surface area contributed by atoms with Gasteiger partial charge in [0.2, 0.25) is 0 Å². The molecule has 4 N–H and O–H groups in total. The van der Waals surface area contributed by atoms with Crippen molar-refractivity contribution >= 4 is 17.7 Å². The predicted octanol–water partition coefficient (Wildman–Crippen LogP) is 0.852. The Morgan fingerprint density at radius 1 is 1.26 bits per heavy atom. The van der Waals surface area contributed by atoms with E-state index in [0.29, 0.717) is 11.1 Å². The van der Waals surface area contributed by atoms with E-state index < -0.39 is 11.9 Å². The molecule has 7 nitrogen and oxygen atoms in total. The molecule has 0 saturated carbocycles. The third-order valence-electron chi connectivity index (χ3n) is 2.45. The summed E-state index contributed by atoms with van der Waals surface area (Å²) in [6, 6.07) is 7.60. The number of carbonyl (C=O) groups excluding carboxylic acids is 1. The van der Waals surface area contributed by atoms with Crippen LogP contribution < -0.4 is 5.32 Å². The zero-order valence-electron chi connectivity index (χ0n) is 9.75. The van der Waals surface area contributed by atoms with Crippen LogP contribution in [0.25, 0.3) is 0 Å². The van der Waals surface area contributed by atoms with Gasteiger partial charge in [-0.3, -0.25) is 9.89 Å². The van der Waals surface area contributed by atoms with E-state index in [4.69, 9.17) is 10.2 Å². The molecule has 0 bridgehead atoms. The molecular formula is C12H11N3O4. The summed E-state index contributed by atoms with van der Waals surface area (Å²) in [7, 11) is 0. The van der Waals surface area contributed by atoms with Crippen molar-refractivity contribution in [2.45, 2.75) is 6.61 Å². The fourth-order valence-electron chi connectivity index (χ4n) is 1.45. The first-order valence-corrected chi connectivity index (χ1v) is 5.40. The normalized spacial score (nSPS) is 10.2. The summed E-state index contributed by atoms with van der Waals surface area (Å²) in [6.07, 6.45) is 0. The number of carbonyl (C=O) groups is 2. The van der Waals surface area contributed by atoms with Crippen molar-refractivity contribution in [1.82, 2.24) is 10.2 Å². The minimum Gasteiger partial charge on any atom is -0.477 e. The zero-order valence-corrected chi connectivity index (χ0v) is 9.75. The third-order valence-corrected chi connectivity index (χ3v) is 2.45. The summed E-state index contributed by atoms with van der Waals surface area (Å²) in [5, 5.41) is 26.0. The molecule has 0 aliphatic heterocycles. The Balaban J connectivity index is 2.08. The van der Waals surface area contributed by atoms with Gasteiger partial charge in [0.05, 0.1) is 6.61 Å². The number of amides is 1. The molecule has 2 rings (SSSR count). The van der Waals surface area contributed by atoms with Gasteiger partial charge < -0.3 is 15.5 Å². The lowest BCUT2D eigenvalue weighted by Gasteiger charge is -2.02. The Hall–Kier alpha value is -2.67. The lowest BCUT2D eigenvalue weighted by molar-refractivity contribution is 0.0690. The Bertz CT molecular complexity index is 604. The molecule has 1 aromatic heterocycles. The first kappa shape index (κ1) is 12.8. The lowest BCUT2D eigenvalue weighted by atomic mass is 10.1. The van der Waals surface area contributed by atoms with Crippen molar-refractivity contribution in [2.24, 2.45) is 0 Å². The molecule has 1 heterocycles. The molecule has 0 aliphatic rings. The number of nitrogens with one attached hydrogen (secondary N) is 2. The van der Waals surface area contributed by atoms with Crippen LogP contribution in [0.3, 0.4) is 0 Å². The van der Waals surface area contributed by atoms with Gasteiger partial charge in [-0.25, -0.2) is 4.79 Å². The Morgan fingerprint density at radius 2 is 1.95 bits per heavy atom.